The summed E-state index contributed by atoms with van der Waals surface area (Å²) >= 11 is 0. The molecule has 4 nitrogen and oxygen atoms in total. The van der Waals surface area contributed by atoms with Crippen LogP contribution in [0.2, 0.25) is 0 Å². The minimum absolute atomic E-state index is 0.125. The molecule has 1 aliphatic carbocycles. The number of carbonyl (C=O) groups is 1. The molecule has 4 heteroatoms. The van der Waals surface area contributed by atoms with Crippen molar-refractivity contribution in [2.75, 3.05) is 13.6 Å². The SMILES string of the molecule is CCN(C(=O)c1cc2ccccc2[nH]1)C1CCCC(N(C)Cc2ccccc2)C1. The van der Waals surface area contributed by atoms with Gasteiger partial charge in [-0.2, -0.15) is 0 Å². The topological polar surface area (TPSA) is 39.3 Å². The number of fused-ring (bicyclic) bond motifs is 1. The summed E-state index contributed by atoms with van der Waals surface area (Å²) < 4.78 is 0. The Labute approximate surface area is 173 Å². The van der Waals surface area contributed by atoms with Gasteiger partial charge in [-0.25, -0.2) is 0 Å². The normalized spacial score (nSPS) is 19.6. The van der Waals surface area contributed by atoms with Gasteiger partial charge in [0, 0.05) is 36.1 Å². The average molecular weight is 390 g/mol. The first-order valence-corrected chi connectivity index (χ1v) is 10.8. The molecule has 3 aromatic rings. The number of carbonyl (C=O) groups excluding carboxylic acids is 1. The average Bonchev–Trinajstić information content (AvgIpc) is 3.19. The summed E-state index contributed by atoms with van der Waals surface area (Å²) in [5.74, 6) is 0.125. The molecule has 1 heterocycles. The number of H-pyrrole nitrogens is 1. The first-order chi connectivity index (χ1) is 14.2. The van der Waals surface area contributed by atoms with E-state index in [0.29, 0.717) is 17.8 Å². The molecule has 2 unspecified atom stereocenters. The zero-order valence-corrected chi connectivity index (χ0v) is 17.5. The van der Waals surface area contributed by atoms with Crippen LogP contribution >= 0.6 is 0 Å². The summed E-state index contributed by atoms with van der Waals surface area (Å²) in [5.41, 5.74) is 3.07. The molecule has 1 aliphatic rings. The Bertz CT molecular complexity index is 916. The zero-order chi connectivity index (χ0) is 20.2. The van der Waals surface area contributed by atoms with E-state index >= 15 is 0 Å². The lowest BCUT2D eigenvalue weighted by Crippen LogP contribution is -2.47. The molecule has 0 saturated heterocycles. The third kappa shape index (κ3) is 4.38. The predicted molar refractivity (Wildman–Crippen MR) is 119 cm³/mol. The predicted octanol–water partition coefficient (Wildman–Crippen LogP) is 5.07. The van der Waals surface area contributed by atoms with Crippen LogP contribution < -0.4 is 0 Å². The van der Waals surface area contributed by atoms with Gasteiger partial charge in [-0.1, -0.05) is 48.5 Å². The second-order valence-electron chi connectivity index (χ2n) is 8.24. The van der Waals surface area contributed by atoms with Crippen LogP contribution in [-0.2, 0) is 6.54 Å². The summed E-state index contributed by atoms with van der Waals surface area (Å²) in [5, 5.41) is 1.09. The Morgan fingerprint density at radius 1 is 1.03 bits per heavy atom. The van der Waals surface area contributed by atoms with Crippen LogP contribution in [0, 0.1) is 0 Å². The van der Waals surface area contributed by atoms with Crippen molar-refractivity contribution in [3.05, 3.63) is 71.9 Å². The molecule has 152 valence electrons. The van der Waals surface area contributed by atoms with Gasteiger partial charge in [0.2, 0.25) is 0 Å². The van der Waals surface area contributed by atoms with Crippen molar-refractivity contribution in [3.63, 3.8) is 0 Å². The van der Waals surface area contributed by atoms with Gasteiger partial charge in [0.15, 0.2) is 0 Å². The van der Waals surface area contributed by atoms with E-state index in [1.165, 1.54) is 18.4 Å². The molecule has 1 fully saturated rings. The molecule has 1 saturated carbocycles. The van der Waals surface area contributed by atoms with Crippen LogP contribution in [-0.4, -0.2) is 46.4 Å². The molecule has 29 heavy (non-hydrogen) atoms. The van der Waals surface area contributed by atoms with Crippen LogP contribution in [0.25, 0.3) is 10.9 Å². The number of hydrogen-bond donors (Lipinski definition) is 1. The molecule has 1 amide bonds. The Kier molecular flexibility index (Phi) is 6.00. The first kappa shape index (κ1) is 19.7. The van der Waals surface area contributed by atoms with Crippen LogP contribution in [0.15, 0.2) is 60.7 Å². The summed E-state index contributed by atoms with van der Waals surface area (Å²) in [6.07, 6.45) is 4.52. The molecule has 2 atom stereocenters. The molecule has 2 aromatic carbocycles. The lowest BCUT2D eigenvalue weighted by atomic mass is 9.88. The highest BCUT2D eigenvalue weighted by atomic mass is 16.2. The molecule has 0 bridgehead atoms. The van der Waals surface area contributed by atoms with Gasteiger partial charge in [0.05, 0.1) is 0 Å². The van der Waals surface area contributed by atoms with Crippen LogP contribution in [0.3, 0.4) is 0 Å². The summed E-state index contributed by atoms with van der Waals surface area (Å²) in [7, 11) is 2.22. The van der Waals surface area contributed by atoms with E-state index in [-0.39, 0.29) is 5.91 Å². The van der Waals surface area contributed by atoms with E-state index in [4.69, 9.17) is 0 Å². The first-order valence-electron chi connectivity index (χ1n) is 10.8. The fraction of sp³-hybridized carbons (Fsp3) is 0.400. The van der Waals surface area contributed by atoms with E-state index in [1.54, 1.807) is 0 Å². The number of aromatic amines is 1. The zero-order valence-electron chi connectivity index (χ0n) is 17.5. The lowest BCUT2D eigenvalue weighted by Gasteiger charge is -2.40. The van der Waals surface area contributed by atoms with Crippen molar-refractivity contribution in [3.8, 4) is 0 Å². The van der Waals surface area contributed by atoms with Gasteiger partial charge in [-0.3, -0.25) is 9.69 Å². The van der Waals surface area contributed by atoms with Crippen LogP contribution in [0.5, 0.6) is 0 Å². The maximum Gasteiger partial charge on any atom is 0.270 e. The van der Waals surface area contributed by atoms with Gasteiger partial charge in [0.1, 0.15) is 5.69 Å². The highest BCUT2D eigenvalue weighted by molar-refractivity contribution is 5.98. The van der Waals surface area contributed by atoms with E-state index in [2.05, 4.69) is 59.1 Å². The van der Waals surface area contributed by atoms with Crippen molar-refractivity contribution < 1.29 is 4.79 Å². The third-order valence-corrected chi connectivity index (χ3v) is 6.32. The quantitative estimate of drug-likeness (QED) is 0.639. The van der Waals surface area contributed by atoms with E-state index in [0.717, 1.165) is 36.8 Å². The van der Waals surface area contributed by atoms with Gasteiger partial charge >= 0.3 is 0 Å². The Balaban J connectivity index is 1.46. The maximum absolute atomic E-state index is 13.3. The number of para-hydroxylation sites is 1. The summed E-state index contributed by atoms with van der Waals surface area (Å²) in [6, 6.07) is 21.5. The van der Waals surface area contributed by atoms with Gasteiger partial charge in [-0.05, 0) is 57.4 Å². The number of rotatable bonds is 6. The third-order valence-electron chi connectivity index (χ3n) is 6.32. The molecular formula is C25H31N3O. The van der Waals surface area contributed by atoms with Crippen molar-refractivity contribution in [1.29, 1.82) is 0 Å². The summed E-state index contributed by atoms with van der Waals surface area (Å²) in [4.78, 5) is 21.1. The second kappa shape index (κ2) is 8.83. The Morgan fingerprint density at radius 3 is 2.52 bits per heavy atom. The standard InChI is InChI=1S/C25H31N3O/c1-3-28(25(29)24-16-20-12-7-8-15-23(20)26-24)22-14-9-13-21(17-22)27(2)18-19-10-5-4-6-11-19/h4-8,10-12,15-16,21-22,26H,3,9,13-14,17-18H2,1-2H3. The second-order valence-corrected chi connectivity index (χ2v) is 8.24. The largest absolute Gasteiger partial charge is 0.351 e. The molecule has 0 spiro atoms. The van der Waals surface area contributed by atoms with Gasteiger partial charge in [-0.15, -0.1) is 0 Å². The van der Waals surface area contributed by atoms with Crippen LogP contribution in [0.1, 0.15) is 48.7 Å². The van der Waals surface area contributed by atoms with Gasteiger partial charge < -0.3 is 9.88 Å². The molecule has 0 aliphatic heterocycles. The van der Waals surface area contributed by atoms with E-state index in [1.807, 2.05) is 30.3 Å². The monoisotopic (exact) mass is 389 g/mol. The lowest BCUT2D eigenvalue weighted by molar-refractivity contribution is 0.0557. The van der Waals surface area contributed by atoms with Crippen molar-refractivity contribution >= 4 is 16.8 Å². The Morgan fingerprint density at radius 2 is 1.76 bits per heavy atom. The molecule has 4 rings (SSSR count). The number of nitrogens with one attached hydrogen (secondary N) is 1. The maximum atomic E-state index is 13.3. The fourth-order valence-corrected chi connectivity index (χ4v) is 4.73. The van der Waals surface area contributed by atoms with Gasteiger partial charge in [0.25, 0.3) is 5.91 Å². The molecular weight excluding hydrogens is 358 g/mol. The smallest absolute Gasteiger partial charge is 0.270 e. The van der Waals surface area contributed by atoms with Crippen LogP contribution in [0.4, 0.5) is 0 Å². The van der Waals surface area contributed by atoms with Crippen molar-refractivity contribution in [2.45, 2.75) is 51.2 Å². The van der Waals surface area contributed by atoms with E-state index < -0.39 is 0 Å². The van der Waals surface area contributed by atoms with Crippen molar-refractivity contribution in [2.24, 2.45) is 0 Å². The molecule has 0 radical (unpaired) electrons. The van der Waals surface area contributed by atoms with Crippen molar-refractivity contribution in [1.82, 2.24) is 14.8 Å². The highest BCUT2D eigenvalue weighted by Gasteiger charge is 2.31. The summed E-state index contributed by atoms with van der Waals surface area (Å²) in [6.45, 7) is 3.80. The number of amides is 1. The minimum Gasteiger partial charge on any atom is -0.351 e. The number of nitrogens with zero attached hydrogens (tertiary/aromatic N) is 2. The number of benzene rings is 2. The molecule has 1 aromatic heterocycles. The molecule has 1 N–H and O–H groups in total. The highest BCUT2D eigenvalue weighted by Crippen LogP contribution is 2.28. The number of aromatic nitrogens is 1. The van der Waals surface area contributed by atoms with E-state index in [9.17, 15) is 4.79 Å². The fourth-order valence-electron chi connectivity index (χ4n) is 4.73. The Hall–Kier alpha value is -2.59. The number of hydrogen-bond acceptors (Lipinski definition) is 2. The minimum atomic E-state index is 0.125.